The van der Waals surface area contributed by atoms with Crippen LogP contribution in [0.1, 0.15) is 63.4 Å². The van der Waals surface area contributed by atoms with Crippen LogP contribution in [0, 0.1) is 0 Å². The maximum atomic E-state index is 5.66. The first-order valence-corrected chi connectivity index (χ1v) is 6.38. The molecule has 1 aromatic heterocycles. The molecule has 0 aliphatic carbocycles. The van der Waals surface area contributed by atoms with Crippen LogP contribution in [-0.4, -0.2) is 11.8 Å². The summed E-state index contributed by atoms with van der Waals surface area (Å²) < 4.78 is 11.3. The molecule has 1 aliphatic heterocycles. The van der Waals surface area contributed by atoms with Crippen molar-refractivity contribution >= 4 is 0 Å². The topological polar surface area (TPSA) is 31.4 Å². The van der Waals surface area contributed by atoms with Crippen LogP contribution in [0.15, 0.2) is 0 Å². The Morgan fingerprint density at radius 2 is 1.71 bits per heavy atom. The first-order valence-electron chi connectivity index (χ1n) is 6.38. The van der Waals surface area contributed by atoms with Crippen molar-refractivity contribution < 1.29 is 9.47 Å². The van der Waals surface area contributed by atoms with Gasteiger partial charge in [-0.1, -0.05) is 34.6 Å². The number of pyridine rings is 1. The van der Waals surface area contributed by atoms with Crippen molar-refractivity contribution in [3.05, 3.63) is 17.0 Å². The van der Waals surface area contributed by atoms with Gasteiger partial charge in [0, 0.05) is 11.3 Å². The SMILES string of the molecule is CCc1nc(C(C)C)c2c(c1C(C)C)OCO2. The summed E-state index contributed by atoms with van der Waals surface area (Å²) in [5.74, 6) is 2.56. The number of ether oxygens (including phenoxy) is 2. The summed E-state index contributed by atoms with van der Waals surface area (Å²) in [7, 11) is 0. The Bertz CT molecular complexity index is 425. The van der Waals surface area contributed by atoms with Gasteiger partial charge in [-0.2, -0.15) is 0 Å². The standard InChI is InChI=1S/C14H21NO2/c1-6-10-11(8(2)3)13-14(17-7-16-13)12(15-10)9(4)5/h8-9H,6-7H2,1-5H3. The molecule has 0 bridgehead atoms. The fourth-order valence-corrected chi connectivity index (χ4v) is 2.31. The van der Waals surface area contributed by atoms with E-state index in [9.17, 15) is 0 Å². The van der Waals surface area contributed by atoms with Gasteiger partial charge in [-0.25, -0.2) is 0 Å². The Morgan fingerprint density at radius 3 is 2.24 bits per heavy atom. The Morgan fingerprint density at radius 1 is 1.06 bits per heavy atom. The smallest absolute Gasteiger partial charge is 0.231 e. The first-order chi connectivity index (χ1) is 8.06. The molecule has 94 valence electrons. The van der Waals surface area contributed by atoms with E-state index >= 15 is 0 Å². The summed E-state index contributed by atoms with van der Waals surface area (Å²) in [6.45, 7) is 11.1. The maximum Gasteiger partial charge on any atom is 0.231 e. The average Bonchev–Trinajstić information content (AvgIpc) is 2.74. The fraction of sp³-hybridized carbons (Fsp3) is 0.643. The van der Waals surface area contributed by atoms with Crippen molar-refractivity contribution in [2.45, 2.75) is 52.9 Å². The molecular weight excluding hydrogens is 214 g/mol. The van der Waals surface area contributed by atoms with E-state index < -0.39 is 0 Å². The normalized spacial score (nSPS) is 13.8. The Hall–Kier alpha value is -1.25. The summed E-state index contributed by atoms with van der Waals surface area (Å²) in [5, 5.41) is 0. The molecule has 0 atom stereocenters. The highest BCUT2D eigenvalue weighted by atomic mass is 16.7. The molecule has 2 heterocycles. The van der Waals surface area contributed by atoms with Crippen LogP contribution in [-0.2, 0) is 6.42 Å². The van der Waals surface area contributed by atoms with E-state index in [0.717, 1.165) is 29.3 Å². The fourth-order valence-electron chi connectivity index (χ4n) is 2.31. The van der Waals surface area contributed by atoms with Crippen LogP contribution >= 0.6 is 0 Å². The van der Waals surface area contributed by atoms with Gasteiger partial charge in [-0.3, -0.25) is 4.98 Å². The number of aromatic nitrogens is 1. The van der Waals surface area contributed by atoms with Crippen LogP contribution < -0.4 is 9.47 Å². The highest BCUT2D eigenvalue weighted by molar-refractivity contribution is 5.54. The van der Waals surface area contributed by atoms with Crippen molar-refractivity contribution in [1.29, 1.82) is 0 Å². The van der Waals surface area contributed by atoms with E-state index in [1.54, 1.807) is 0 Å². The number of nitrogens with zero attached hydrogens (tertiary/aromatic N) is 1. The van der Waals surface area contributed by atoms with Crippen molar-refractivity contribution in [2.24, 2.45) is 0 Å². The molecule has 0 fully saturated rings. The second kappa shape index (κ2) is 4.55. The molecule has 1 aliphatic rings. The second-order valence-electron chi connectivity index (χ2n) is 5.09. The molecule has 2 rings (SSSR count). The van der Waals surface area contributed by atoms with Crippen molar-refractivity contribution in [1.82, 2.24) is 4.98 Å². The third-order valence-corrected chi connectivity index (χ3v) is 3.12. The summed E-state index contributed by atoms with van der Waals surface area (Å²) in [5.41, 5.74) is 3.39. The molecule has 3 nitrogen and oxygen atoms in total. The lowest BCUT2D eigenvalue weighted by molar-refractivity contribution is 0.172. The molecule has 3 heteroatoms. The predicted octanol–water partition coefficient (Wildman–Crippen LogP) is 3.62. The van der Waals surface area contributed by atoms with E-state index in [1.165, 1.54) is 5.56 Å². The highest BCUT2D eigenvalue weighted by Crippen LogP contribution is 2.44. The minimum Gasteiger partial charge on any atom is -0.453 e. The minimum absolute atomic E-state index is 0.323. The Labute approximate surface area is 103 Å². The van der Waals surface area contributed by atoms with Gasteiger partial charge in [-0.15, -0.1) is 0 Å². The van der Waals surface area contributed by atoms with Crippen LogP contribution in [0.25, 0.3) is 0 Å². The van der Waals surface area contributed by atoms with Crippen molar-refractivity contribution in [3.8, 4) is 11.5 Å². The van der Waals surface area contributed by atoms with Gasteiger partial charge in [0.25, 0.3) is 0 Å². The van der Waals surface area contributed by atoms with Crippen LogP contribution in [0.2, 0.25) is 0 Å². The molecule has 0 radical (unpaired) electrons. The molecule has 0 N–H and O–H groups in total. The number of hydrogen-bond donors (Lipinski definition) is 0. The van der Waals surface area contributed by atoms with Crippen molar-refractivity contribution in [3.63, 3.8) is 0 Å². The van der Waals surface area contributed by atoms with E-state index in [1.807, 2.05) is 0 Å². The zero-order valence-electron chi connectivity index (χ0n) is 11.3. The quantitative estimate of drug-likeness (QED) is 0.801. The van der Waals surface area contributed by atoms with Gasteiger partial charge in [0.2, 0.25) is 6.79 Å². The Balaban J connectivity index is 2.66. The summed E-state index contributed by atoms with van der Waals surface area (Å²) in [4.78, 5) is 4.78. The van der Waals surface area contributed by atoms with Gasteiger partial charge in [0.15, 0.2) is 11.5 Å². The summed E-state index contributed by atoms with van der Waals surface area (Å²) in [6, 6.07) is 0. The van der Waals surface area contributed by atoms with E-state index in [0.29, 0.717) is 18.6 Å². The lowest BCUT2D eigenvalue weighted by atomic mass is 9.96. The number of aryl methyl sites for hydroxylation is 1. The molecule has 0 amide bonds. The summed E-state index contributed by atoms with van der Waals surface area (Å²) >= 11 is 0. The zero-order valence-corrected chi connectivity index (χ0v) is 11.3. The minimum atomic E-state index is 0.323. The molecule has 0 saturated carbocycles. The molecule has 0 aromatic carbocycles. The molecule has 0 unspecified atom stereocenters. The van der Waals surface area contributed by atoms with Crippen LogP contribution in [0.5, 0.6) is 11.5 Å². The van der Waals surface area contributed by atoms with Crippen molar-refractivity contribution in [2.75, 3.05) is 6.79 Å². The van der Waals surface area contributed by atoms with E-state index in [-0.39, 0.29) is 0 Å². The third kappa shape index (κ3) is 1.99. The lowest BCUT2D eigenvalue weighted by Gasteiger charge is -2.17. The monoisotopic (exact) mass is 235 g/mol. The van der Waals surface area contributed by atoms with Crippen LogP contribution in [0.3, 0.4) is 0 Å². The van der Waals surface area contributed by atoms with Gasteiger partial charge in [0.05, 0.1) is 5.69 Å². The number of fused-ring (bicyclic) bond motifs is 1. The second-order valence-corrected chi connectivity index (χ2v) is 5.09. The highest BCUT2D eigenvalue weighted by Gasteiger charge is 2.28. The first kappa shape index (κ1) is 12.2. The largest absolute Gasteiger partial charge is 0.453 e. The maximum absolute atomic E-state index is 5.66. The lowest BCUT2D eigenvalue weighted by Crippen LogP contribution is -2.05. The molecule has 17 heavy (non-hydrogen) atoms. The average molecular weight is 235 g/mol. The molecule has 1 aromatic rings. The zero-order chi connectivity index (χ0) is 12.6. The van der Waals surface area contributed by atoms with E-state index in [4.69, 9.17) is 14.5 Å². The third-order valence-electron chi connectivity index (χ3n) is 3.12. The van der Waals surface area contributed by atoms with Gasteiger partial charge < -0.3 is 9.47 Å². The number of hydrogen-bond acceptors (Lipinski definition) is 3. The molecular formula is C14H21NO2. The molecule has 0 spiro atoms. The van der Waals surface area contributed by atoms with Gasteiger partial charge in [-0.05, 0) is 18.3 Å². The number of rotatable bonds is 3. The Kier molecular flexibility index (Phi) is 3.27. The summed E-state index contributed by atoms with van der Waals surface area (Å²) in [6.07, 6.45) is 0.934. The van der Waals surface area contributed by atoms with Crippen LogP contribution in [0.4, 0.5) is 0 Å². The predicted molar refractivity (Wildman–Crippen MR) is 67.9 cm³/mol. The van der Waals surface area contributed by atoms with Gasteiger partial charge >= 0.3 is 0 Å². The molecule has 0 saturated heterocycles. The van der Waals surface area contributed by atoms with E-state index in [2.05, 4.69) is 34.6 Å². The van der Waals surface area contributed by atoms with Gasteiger partial charge in [0.1, 0.15) is 0 Å².